The van der Waals surface area contributed by atoms with Crippen LogP contribution in [-0.2, 0) is 6.42 Å². The number of nitrogens with one attached hydrogen (secondary N) is 1. The molecule has 0 aliphatic rings. The highest BCUT2D eigenvalue weighted by atomic mass is 79.9. The molecule has 3 heterocycles. The van der Waals surface area contributed by atoms with Gasteiger partial charge in [0.15, 0.2) is 0 Å². The molecule has 1 N–H and O–H groups in total. The smallest absolute Gasteiger partial charge is 0.112 e. The number of hydrogen-bond acceptors (Lipinski definition) is 5. The van der Waals surface area contributed by atoms with Gasteiger partial charge < -0.3 is 5.32 Å². The lowest BCUT2D eigenvalue weighted by atomic mass is 10.2. The summed E-state index contributed by atoms with van der Waals surface area (Å²) in [7, 11) is 0. The Kier molecular flexibility index (Phi) is 4.17. The third kappa shape index (κ3) is 3.06. The predicted molar refractivity (Wildman–Crippen MR) is 90.8 cm³/mol. The van der Waals surface area contributed by atoms with E-state index in [2.05, 4.69) is 55.4 Å². The van der Waals surface area contributed by atoms with Crippen LogP contribution in [-0.4, -0.2) is 15.0 Å². The Balaban J connectivity index is 1.90. The van der Waals surface area contributed by atoms with Crippen molar-refractivity contribution in [2.45, 2.75) is 26.3 Å². The number of aryl methyl sites for hydroxylation is 1. The molecule has 108 valence electrons. The lowest BCUT2D eigenvalue weighted by Gasteiger charge is -2.14. The largest absolute Gasteiger partial charge is 0.375 e. The summed E-state index contributed by atoms with van der Waals surface area (Å²) in [4.78, 5) is 13.4. The fourth-order valence-corrected chi connectivity index (χ4v) is 3.27. The highest BCUT2D eigenvalue weighted by molar-refractivity contribution is 9.10. The van der Waals surface area contributed by atoms with Gasteiger partial charge in [0.25, 0.3) is 0 Å². The van der Waals surface area contributed by atoms with Gasteiger partial charge in [0.2, 0.25) is 0 Å². The molecule has 0 saturated carbocycles. The average Bonchev–Trinajstić information content (AvgIpc) is 2.96. The highest BCUT2D eigenvalue weighted by Crippen LogP contribution is 2.26. The summed E-state index contributed by atoms with van der Waals surface area (Å²) >= 11 is 5.13. The van der Waals surface area contributed by atoms with Crippen molar-refractivity contribution in [2.24, 2.45) is 0 Å². The van der Waals surface area contributed by atoms with Crippen molar-refractivity contribution in [1.29, 1.82) is 0 Å². The van der Waals surface area contributed by atoms with E-state index in [1.807, 2.05) is 12.1 Å². The summed E-state index contributed by atoms with van der Waals surface area (Å²) in [6.07, 6.45) is 4.56. The first-order valence-corrected chi connectivity index (χ1v) is 8.45. The van der Waals surface area contributed by atoms with Crippen LogP contribution in [0.3, 0.4) is 0 Å². The third-order valence-corrected chi connectivity index (χ3v) is 4.68. The molecule has 0 radical (unpaired) electrons. The van der Waals surface area contributed by atoms with Crippen LogP contribution in [0.25, 0.3) is 11.0 Å². The van der Waals surface area contributed by atoms with Gasteiger partial charge in [0.1, 0.15) is 5.52 Å². The van der Waals surface area contributed by atoms with Gasteiger partial charge in [-0.15, -0.1) is 11.3 Å². The van der Waals surface area contributed by atoms with E-state index in [-0.39, 0.29) is 6.04 Å². The van der Waals surface area contributed by atoms with Crippen LogP contribution >= 0.6 is 27.3 Å². The van der Waals surface area contributed by atoms with E-state index in [9.17, 15) is 0 Å². The Labute approximate surface area is 135 Å². The molecule has 0 saturated heterocycles. The number of aromatic nitrogens is 3. The van der Waals surface area contributed by atoms with E-state index >= 15 is 0 Å². The van der Waals surface area contributed by atoms with Crippen molar-refractivity contribution in [3.8, 4) is 0 Å². The summed E-state index contributed by atoms with van der Waals surface area (Å²) in [5.41, 5.74) is 3.79. The van der Waals surface area contributed by atoms with Crippen molar-refractivity contribution in [2.75, 3.05) is 5.32 Å². The average molecular weight is 363 g/mol. The van der Waals surface area contributed by atoms with E-state index in [1.165, 1.54) is 5.01 Å². The molecular formula is C15H15BrN4S. The zero-order valence-electron chi connectivity index (χ0n) is 11.8. The standard InChI is InChI=1S/C15H15BrN4S/c1-3-14-20-13(8-21-14)9(2)19-11-4-5-17-12-6-10(16)7-18-15(11)12/h4-9H,3H2,1-2H3,(H,17,19). The summed E-state index contributed by atoms with van der Waals surface area (Å²) in [6, 6.07) is 4.06. The number of halogens is 1. The molecule has 1 atom stereocenters. The molecule has 6 heteroatoms. The molecule has 0 amide bonds. The molecule has 0 fully saturated rings. The summed E-state index contributed by atoms with van der Waals surface area (Å²) in [5, 5.41) is 6.77. The minimum Gasteiger partial charge on any atom is -0.375 e. The number of nitrogens with zero attached hydrogens (tertiary/aromatic N) is 3. The Bertz CT molecular complexity index is 771. The van der Waals surface area contributed by atoms with Gasteiger partial charge in [-0.2, -0.15) is 0 Å². The van der Waals surface area contributed by atoms with Crippen LogP contribution in [0.4, 0.5) is 5.69 Å². The van der Waals surface area contributed by atoms with Crippen LogP contribution in [0.15, 0.2) is 34.4 Å². The van der Waals surface area contributed by atoms with E-state index in [4.69, 9.17) is 0 Å². The van der Waals surface area contributed by atoms with Crippen LogP contribution < -0.4 is 5.32 Å². The molecule has 0 spiro atoms. The number of pyridine rings is 2. The zero-order chi connectivity index (χ0) is 14.8. The molecule has 0 bridgehead atoms. The number of rotatable bonds is 4. The predicted octanol–water partition coefficient (Wildman–Crippen LogP) is 4.58. The number of fused-ring (bicyclic) bond motifs is 1. The molecule has 0 aliphatic carbocycles. The first-order chi connectivity index (χ1) is 10.2. The van der Waals surface area contributed by atoms with Gasteiger partial charge in [-0.25, -0.2) is 4.98 Å². The van der Waals surface area contributed by atoms with Crippen LogP contribution in [0, 0.1) is 0 Å². The van der Waals surface area contributed by atoms with Gasteiger partial charge in [-0.3, -0.25) is 9.97 Å². The molecule has 3 aromatic heterocycles. The molecule has 4 nitrogen and oxygen atoms in total. The molecule has 0 aliphatic heterocycles. The second-order valence-corrected chi connectivity index (χ2v) is 6.62. The van der Waals surface area contributed by atoms with E-state index in [1.54, 1.807) is 23.7 Å². The summed E-state index contributed by atoms with van der Waals surface area (Å²) in [6.45, 7) is 4.23. The Morgan fingerprint density at radius 3 is 3.00 bits per heavy atom. The Morgan fingerprint density at radius 1 is 1.38 bits per heavy atom. The van der Waals surface area contributed by atoms with Gasteiger partial charge in [-0.1, -0.05) is 6.92 Å². The van der Waals surface area contributed by atoms with Gasteiger partial charge in [-0.05, 0) is 41.4 Å². The number of thiazole rings is 1. The zero-order valence-corrected chi connectivity index (χ0v) is 14.2. The van der Waals surface area contributed by atoms with Gasteiger partial charge in [0, 0.05) is 22.2 Å². The van der Waals surface area contributed by atoms with Crippen LogP contribution in [0.5, 0.6) is 0 Å². The SMILES string of the molecule is CCc1nc(C(C)Nc2ccnc3cc(Br)cnc23)cs1. The first kappa shape index (κ1) is 14.4. The lowest BCUT2D eigenvalue weighted by Crippen LogP contribution is -2.08. The maximum atomic E-state index is 4.63. The molecule has 0 aromatic carbocycles. The second kappa shape index (κ2) is 6.07. The van der Waals surface area contributed by atoms with Crippen LogP contribution in [0.2, 0.25) is 0 Å². The molecular weight excluding hydrogens is 348 g/mol. The first-order valence-electron chi connectivity index (χ1n) is 6.78. The lowest BCUT2D eigenvalue weighted by molar-refractivity contribution is 0.840. The van der Waals surface area contributed by atoms with Gasteiger partial charge in [0.05, 0.1) is 27.9 Å². The van der Waals surface area contributed by atoms with E-state index < -0.39 is 0 Å². The van der Waals surface area contributed by atoms with Crippen molar-refractivity contribution in [3.63, 3.8) is 0 Å². The second-order valence-electron chi connectivity index (χ2n) is 4.77. The normalized spacial score (nSPS) is 12.5. The maximum absolute atomic E-state index is 4.63. The monoisotopic (exact) mass is 362 g/mol. The minimum absolute atomic E-state index is 0.137. The van der Waals surface area contributed by atoms with Crippen molar-refractivity contribution < 1.29 is 0 Å². The fraction of sp³-hybridized carbons (Fsp3) is 0.267. The molecule has 3 aromatic rings. The van der Waals surface area contributed by atoms with Crippen LogP contribution in [0.1, 0.15) is 30.6 Å². The summed E-state index contributed by atoms with van der Waals surface area (Å²) < 4.78 is 0.930. The van der Waals surface area contributed by atoms with E-state index in [0.717, 1.165) is 33.3 Å². The topological polar surface area (TPSA) is 50.7 Å². The minimum atomic E-state index is 0.137. The maximum Gasteiger partial charge on any atom is 0.112 e. The highest BCUT2D eigenvalue weighted by Gasteiger charge is 2.12. The van der Waals surface area contributed by atoms with Crippen molar-refractivity contribution in [3.05, 3.63) is 45.1 Å². The number of anilines is 1. The molecule has 21 heavy (non-hydrogen) atoms. The van der Waals surface area contributed by atoms with Gasteiger partial charge >= 0.3 is 0 Å². The van der Waals surface area contributed by atoms with Crippen molar-refractivity contribution >= 4 is 44.0 Å². The third-order valence-electron chi connectivity index (χ3n) is 3.23. The van der Waals surface area contributed by atoms with E-state index in [0.29, 0.717) is 0 Å². The van der Waals surface area contributed by atoms with Crippen molar-refractivity contribution in [1.82, 2.24) is 15.0 Å². The summed E-state index contributed by atoms with van der Waals surface area (Å²) in [5.74, 6) is 0. The quantitative estimate of drug-likeness (QED) is 0.737. The number of hydrogen-bond donors (Lipinski definition) is 1. The molecule has 1 unspecified atom stereocenters. The fourth-order valence-electron chi connectivity index (χ4n) is 2.12. The molecule has 3 rings (SSSR count). The Morgan fingerprint density at radius 2 is 2.24 bits per heavy atom. The Hall–Kier alpha value is -1.53.